The predicted molar refractivity (Wildman–Crippen MR) is 203 cm³/mol. The number of amides is 1. The molecule has 3 aromatic carbocycles. The summed E-state index contributed by atoms with van der Waals surface area (Å²) in [6.07, 6.45) is 2.63. The molecule has 1 amide bonds. The van der Waals surface area contributed by atoms with Crippen molar-refractivity contribution in [2.24, 2.45) is 0 Å². The van der Waals surface area contributed by atoms with Crippen LogP contribution < -0.4 is 19.3 Å². The average molecular weight is 734 g/mol. The number of nitriles is 1. The quantitative estimate of drug-likeness (QED) is 0.179. The fourth-order valence-corrected chi connectivity index (χ4v) is 7.96. The summed E-state index contributed by atoms with van der Waals surface area (Å²) in [6, 6.07) is 24.4. The molecule has 3 aliphatic heterocycles. The summed E-state index contributed by atoms with van der Waals surface area (Å²) in [4.78, 5) is 32.3. The lowest BCUT2D eigenvalue weighted by Gasteiger charge is -2.42. The molecule has 4 aliphatic rings. The topological polar surface area (TPSA) is 126 Å². The van der Waals surface area contributed by atoms with Crippen LogP contribution >= 0.6 is 0 Å². The van der Waals surface area contributed by atoms with Gasteiger partial charge in [0.2, 0.25) is 0 Å². The van der Waals surface area contributed by atoms with Crippen LogP contribution in [0.1, 0.15) is 36.1 Å². The van der Waals surface area contributed by atoms with Crippen molar-refractivity contribution in [3.63, 3.8) is 0 Å². The van der Waals surface area contributed by atoms with Gasteiger partial charge in [-0.1, -0.05) is 54.6 Å². The molecule has 0 bridgehead atoms. The number of nitrogens with zero attached hydrogens (tertiary/aromatic N) is 7. The number of carbonyl (C=O) groups is 1. The Hall–Kier alpha value is -5.16. The van der Waals surface area contributed by atoms with Gasteiger partial charge in [0.05, 0.1) is 49.5 Å². The first kappa shape index (κ1) is 35.8. The van der Waals surface area contributed by atoms with Crippen LogP contribution in [-0.2, 0) is 33.8 Å². The minimum Gasteiger partial charge on any atom is -0.467 e. The highest BCUT2D eigenvalue weighted by molar-refractivity contribution is 5.95. The van der Waals surface area contributed by atoms with Crippen LogP contribution in [0.2, 0.25) is 0 Å². The Kier molecular flexibility index (Phi) is 10.7. The van der Waals surface area contributed by atoms with E-state index in [1.165, 1.54) is 0 Å². The molecule has 1 saturated carbocycles. The van der Waals surface area contributed by atoms with E-state index in [-0.39, 0.29) is 31.4 Å². The number of hydrogen-bond donors (Lipinski definition) is 0. The van der Waals surface area contributed by atoms with Crippen LogP contribution in [0.25, 0.3) is 10.8 Å². The molecule has 13 nitrogen and oxygen atoms in total. The largest absolute Gasteiger partial charge is 0.467 e. The number of ether oxygens (including phenoxy) is 5. The Bertz CT molecular complexity index is 1980. The van der Waals surface area contributed by atoms with Crippen molar-refractivity contribution >= 4 is 28.4 Å². The first-order valence-corrected chi connectivity index (χ1v) is 18.9. The monoisotopic (exact) mass is 733 g/mol. The number of fused-ring (bicyclic) bond motifs is 2. The van der Waals surface area contributed by atoms with Gasteiger partial charge >= 0.3 is 12.1 Å². The third-order valence-electron chi connectivity index (χ3n) is 11.0. The maximum absolute atomic E-state index is 13.3. The van der Waals surface area contributed by atoms with Gasteiger partial charge in [-0.05, 0) is 36.3 Å². The number of piperazine rings is 1. The van der Waals surface area contributed by atoms with Crippen molar-refractivity contribution in [3.05, 3.63) is 83.6 Å². The summed E-state index contributed by atoms with van der Waals surface area (Å²) >= 11 is 0. The molecule has 0 N–H and O–H groups in total. The van der Waals surface area contributed by atoms with Gasteiger partial charge in [-0.2, -0.15) is 15.2 Å². The Morgan fingerprint density at radius 3 is 2.57 bits per heavy atom. The van der Waals surface area contributed by atoms with E-state index in [4.69, 9.17) is 33.7 Å². The molecule has 0 unspecified atom stereocenters. The second kappa shape index (κ2) is 16.1. The van der Waals surface area contributed by atoms with Crippen molar-refractivity contribution in [2.75, 3.05) is 82.8 Å². The Morgan fingerprint density at radius 2 is 1.78 bits per heavy atom. The first-order valence-electron chi connectivity index (χ1n) is 18.9. The van der Waals surface area contributed by atoms with E-state index in [0.29, 0.717) is 45.2 Å². The number of benzene rings is 3. The maximum atomic E-state index is 13.3. The summed E-state index contributed by atoms with van der Waals surface area (Å²) in [5, 5.41) is 12.0. The molecule has 1 aliphatic carbocycles. The third-order valence-corrected chi connectivity index (χ3v) is 11.0. The first-order chi connectivity index (χ1) is 26.5. The second-order valence-corrected chi connectivity index (χ2v) is 14.4. The molecule has 54 heavy (non-hydrogen) atoms. The summed E-state index contributed by atoms with van der Waals surface area (Å²) in [5.74, 6) is 1.55. The summed E-state index contributed by atoms with van der Waals surface area (Å²) in [7, 11) is 1.62. The Morgan fingerprint density at radius 1 is 0.963 bits per heavy atom. The number of anilines is 2. The van der Waals surface area contributed by atoms with Crippen molar-refractivity contribution in [1.29, 1.82) is 5.26 Å². The zero-order chi connectivity index (χ0) is 36.9. The highest BCUT2D eigenvalue weighted by Crippen LogP contribution is 2.43. The van der Waals surface area contributed by atoms with E-state index in [1.807, 2.05) is 42.5 Å². The van der Waals surface area contributed by atoms with E-state index in [1.54, 1.807) is 12.0 Å². The lowest BCUT2D eigenvalue weighted by Crippen LogP contribution is -2.55. The second-order valence-electron chi connectivity index (χ2n) is 14.4. The fraction of sp³-hybridized carbons (Fsp3) is 0.463. The molecule has 4 aromatic rings. The van der Waals surface area contributed by atoms with Crippen LogP contribution in [-0.4, -0.2) is 110 Å². The molecule has 0 radical (unpaired) electrons. The molecule has 8 rings (SSSR count). The van der Waals surface area contributed by atoms with Gasteiger partial charge < -0.3 is 38.4 Å². The van der Waals surface area contributed by atoms with Crippen LogP contribution in [0.15, 0.2) is 66.7 Å². The van der Waals surface area contributed by atoms with Gasteiger partial charge in [0.15, 0.2) is 6.79 Å². The standard InChI is InChI=1S/C41H47N7O6/c1-50-29-54-33-23-31-9-5-6-10-34(31)37(24-33)45-16-12-35-36(26-45)43-39(53-28-41(13-14-41)47-19-21-51-22-20-47)44-38(35)46-17-18-48(32(25-46)11-15-42)40(49)52-27-30-7-3-2-4-8-30/h2-10,23-24,32H,11-14,16-22,25-29H2,1H3/t32-/m0/s1. The normalized spacial score (nSPS) is 19.6. The van der Waals surface area contributed by atoms with Gasteiger partial charge in [0.25, 0.3) is 0 Å². The average Bonchev–Trinajstić information content (AvgIpc) is 4.02. The lowest BCUT2D eigenvalue weighted by atomic mass is 10.0. The number of hydrogen-bond acceptors (Lipinski definition) is 12. The molecule has 282 valence electrons. The number of carbonyl (C=O) groups excluding carboxylic acids is 1. The molecular formula is C41H47N7O6. The van der Waals surface area contributed by atoms with E-state index in [0.717, 1.165) is 90.5 Å². The highest BCUT2D eigenvalue weighted by Gasteiger charge is 2.49. The van der Waals surface area contributed by atoms with E-state index >= 15 is 0 Å². The van der Waals surface area contributed by atoms with Crippen molar-refractivity contribution in [3.8, 4) is 17.8 Å². The smallest absolute Gasteiger partial charge is 0.410 e. The summed E-state index contributed by atoms with van der Waals surface area (Å²) in [6.45, 7) is 6.80. The molecule has 13 heteroatoms. The van der Waals surface area contributed by atoms with Crippen molar-refractivity contribution in [1.82, 2.24) is 19.8 Å². The van der Waals surface area contributed by atoms with Gasteiger partial charge in [0, 0.05) is 69.1 Å². The van der Waals surface area contributed by atoms with E-state index in [9.17, 15) is 10.1 Å². The number of morpholine rings is 1. The van der Waals surface area contributed by atoms with Crippen LogP contribution in [0.3, 0.4) is 0 Å². The molecule has 0 spiro atoms. The van der Waals surface area contributed by atoms with Gasteiger partial charge in [-0.3, -0.25) is 4.90 Å². The number of aromatic nitrogens is 2. The van der Waals surface area contributed by atoms with Crippen molar-refractivity contribution in [2.45, 2.75) is 50.4 Å². The molecule has 1 aromatic heterocycles. The van der Waals surface area contributed by atoms with Gasteiger partial charge in [-0.15, -0.1) is 0 Å². The van der Waals surface area contributed by atoms with Gasteiger partial charge in [-0.25, -0.2) is 4.79 Å². The molecule has 1 atom stereocenters. The SMILES string of the molecule is COCOc1cc(N2CCc3c(nc(OCC4(N5CCOCC5)CC4)nc3N3CCN(C(=O)OCc4ccccc4)[C@@H](CC#N)C3)C2)c2ccccc2c1. The lowest BCUT2D eigenvalue weighted by molar-refractivity contribution is -0.00339. The Labute approximate surface area is 315 Å². The highest BCUT2D eigenvalue weighted by atomic mass is 16.7. The number of methoxy groups -OCH3 is 1. The molecule has 4 heterocycles. The third kappa shape index (κ3) is 7.73. The maximum Gasteiger partial charge on any atom is 0.410 e. The fourth-order valence-electron chi connectivity index (χ4n) is 7.96. The summed E-state index contributed by atoms with van der Waals surface area (Å²) in [5.41, 5.74) is 3.94. The predicted octanol–water partition coefficient (Wildman–Crippen LogP) is 5.16. The zero-order valence-electron chi connectivity index (χ0n) is 30.8. The van der Waals surface area contributed by atoms with Crippen LogP contribution in [0, 0.1) is 11.3 Å². The van der Waals surface area contributed by atoms with Crippen LogP contribution in [0.5, 0.6) is 11.8 Å². The van der Waals surface area contributed by atoms with E-state index in [2.05, 4.69) is 45.0 Å². The zero-order valence-corrected chi connectivity index (χ0v) is 30.8. The van der Waals surface area contributed by atoms with Crippen LogP contribution in [0.4, 0.5) is 16.3 Å². The Balaban J connectivity index is 1.07. The van der Waals surface area contributed by atoms with Crippen molar-refractivity contribution < 1.29 is 28.5 Å². The molecular weight excluding hydrogens is 686 g/mol. The minimum absolute atomic E-state index is 0.0135. The minimum atomic E-state index is -0.412. The van der Waals surface area contributed by atoms with E-state index < -0.39 is 6.09 Å². The van der Waals surface area contributed by atoms with Gasteiger partial charge in [0.1, 0.15) is 24.8 Å². The number of rotatable bonds is 12. The molecule has 3 fully saturated rings. The molecule has 2 saturated heterocycles. The summed E-state index contributed by atoms with van der Waals surface area (Å²) < 4.78 is 29.0.